The van der Waals surface area contributed by atoms with Crippen LogP contribution in [0.15, 0.2) is 0 Å². The van der Waals surface area contributed by atoms with Crippen molar-refractivity contribution in [1.82, 2.24) is 14.5 Å². The fraction of sp³-hybridized carbons (Fsp3) is 0.417. The van der Waals surface area contributed by atoms with Crippen LogP contribution in [0.1, 0.15) is 35.7 Å². The first kappa shape index (κ1) is 12.8. The highest BCUT2D eigenvalue weighted by Gasteiger charge is 2.23. The molecule has 0 spiro atoms. The minimum Gasteiger partial charge on any atom is -0.478 e. The second kappa shape index (κ2) is 4.57. The summed E-state index contributed by atoms with van der Waals surface area (Å²) >= 11 is 6.07. The van der Waals surface area contributed by atoms with Gasteiger partial charge in [-0.25, -0.2) is 14.8 Å². The monoisotopic (exact) mass is 267 g/mol. The first-order valence-electron chi connectivity index (χ1n) is 5.78. The zero-order valence-electron chi connectivity index (χ0n) is 10.5. The molecule has 0 radical (unpaired) electrons. The molecule has 0 aromatic carbocycles. The highest BCUT2D eigenvalue weighted by atomic mass is 35.5. The van der Waals surface area contributed by atoms with E-state index in [-0.39, 0.29) is 10.7 Å². The van der Waals surface area contributed by atoms with Gasteiger partial charge in [0, 0.05) is 13.5 Å². The van der Waals surface area contributed by atoms with Crippen molar-refractivity contribution in [1.29, 1.82) is 0 Å². The Labute approximate surface area is 109 Å². The van der Waals surface area contributed by atoms with Gasteiger partial charge in [-0.1, -0.05) is 25.4 Å². The number of hydrogen-bond donors (Lipinski definition) is 1. The minimum atomic E-state index is -1.05. The van der Waals surface area contributed by atoms with E-state index >= 15 is 0 Å². The Morgan fingerprint density at radius 2 is 2.00 bits per heavy atom. The van der Waals surface area contributed by atoms with Gasteiger partial charge in [0.2, 0.25) is 0 Å². The number of aromatic carboxylic acids is 1. The summed E-state index contributed by atoms with van der Waals surface area (Å²) < 4.78 is 1.60. The van der Waals surface area contributed by atoms with E-state index in [1.165, 1.54) is 0 Å². The molecule has 0 aliphatic heterocycles. The molecule has 6 heteroatoms. The number of hydrogen-bond acceptors (Lipinski definition) is 3. The maximum absolute atomic E-state index is 11.3. The molecule has 0 saturated carbocycles. The Balaban J connectivity index is 2.95. The normalized spacial score (nSPS) is 11.1. The Hall–Kier alpha value is -1.62. The van der Waals surface area contributed by atoms with Crippen LogP contribution < -0.4 is 0 Å². The lowest BCUT2D eigenvalue weighted by molar-refractivity contribution is 0.0699. The summed E-state index contributed by atoms with van der Waals surface area (Å²) in [6, 6.07) is 0. The Morgan fingerprint density at radius 1 is 1.33 bits per heavy atom. The van der Waals surface area contributed by atoms with Crippen molar-refractivity contribution in [3.63, 3.8) is 0 Å². The van der Waals surface area contributed by atoms with Crippen LogP contribution in [0.25, 0.3) is 11.0 Å². The first-order chi connectivity index (χ1) is 8.51. The number of aryl methyl sites for hydroxylation is 3. The van der Waals surface area contributed by atoms with Crippen molar-refractivity contribution in [2.24, 2.45) is 7.05 Å². The topological polar surface area (TPSA) is 68.0 Å². The van der Waals surface area contributed by atoms with Gasteiger partial charge < -0.3 is 9.67 Å². The molecule has 0 aliphatic carbocycles. The highest BCUT2D eigenvalue weighted by Crippen LogP contribution is 2.30. The van der Waals surface area contributed by atoms with Gasteiger partial charge in [-0.3, -0.25) is 0 Å². The van der Waals surface area contributed by atoms with E-state index in [1.54, 1.807) is 11.6 Å². The number of carbonyl (C=O) groups is 1. The first-order valence-corrected chi connectivity index (χ1v) is 6.15. The molecule has 2 rings (SSSR count). The highest BCUT2D eigenvalue weighted by molar-refractivity contribution is 6.35. The fourth-order valence-corrected chi connectivity index (χ4v) is 2.27. The maximum Gasteiger partial charge on any atom is 0.339 e. The molecule has 2 heterocycles. The number of nitrogens with zero attached hydrogens (tertiary/aromatic N) is 3. The summed E-state index contributed by atoms with van der Waals surface area (Å²) in [6.45, 7) is 3.90. The van der Waals surface area contributed by atoms with Crippen LogP contribution in [0.2, 0.25) is 5.15 Å². The quantitative estimate of drug-likeness (QED) is 0.927. The molecule has 2 aromatic heterocycles. The predicted octanol–water partition coefficient (Wildman–Crippen LogP) is 2.44. The van der Waals surface area contributed by atoms with E-state index in [0.29, 0.717) is 29.7 Å². The number of fused-ring (bicyclic) bond motifs is 1. The third-order valence-electron chi connectivity index (χ3n) is 2.94. The molecule has 0 atom stereocenters. The molecule has 18 heavy (non-hydrogen) atoms. The van der Waals surface area contributed by atoms with Crippen molar-refractivity contribution in [2.75, 3.05) is 0 Å². The molecule has 0 fully saturated rings. The minimum absolute atomic E-state index is 0.0914. The van der Waals surface area contributed by atoms with Crippen molar-refractivity contribution in [3.8, 4) is 0 Å². The summed E-state index contributed by atoms with van der Waals surface area (Å²) in [4.78, 5) is 20.1. The van der Waals surface area contributed by atoms with Crippen LogP contribution in [0.3, 0.4) is 0 Å². The van der Waals surface area contributed by atoms with Crippen LogP contribution in [0.5, 0.6) is 0 Å². The molecule has 0 aliphatic rings. The Bertz CT molecular complexity index is 634. The zero-order valence-corrected chi connectivity index (χ0v) is 11.2. The van der Waals surface area contributed by atoms with Gasteiger partial charge in [-0.05, 0) is 6.42 Å². The van der Waals surface area contributed by atoms with Crippen LogP contribution >= 0.6 is 11.6 Å². The molecule has 2 aromatic rings. The van der Waals surface area contributed by atoms with E-state index in [4.69, 9.17) is 11.6 Å². The van der Waals surface area contributed by atoms with Crippen molar-refractivity contribution in [3.05, 3.63) is 22.2 Å². The maximum atomic E-state index is 11.3. The second-order valence-electron chi connectivity index (χ2n) is 4.02. The molecule has 1 N–H and O–H groups in total. The molecular formula is C12H14ClN3O2. The van der Waals surface area contributed by atoms with E-state index < -0.39 is 5.97 Å². The van der Waals surface area contributed by atoms with Gasteiger partial charge >= 0.3 is 5.97 Å². The summed E-state index contributed by atoms with van der Waals surface area (Å²) in [5.41, 5.74) is 1.41. The van der Waals surface area contributed by atoms with Gasteiger partial charge in [-0.15, -0.1) is 0 Å². The Kier molecular flexibility index (Phi) is 3.26. The summed E-state index contributed by atoms with van der Waals surface area (Å²) in [6.07, 6.45) is 1.35. The third kappa shape index (κ3) is 1.75. The van der Waals surface area contributed by atoms with E-state index in [1.807, 2.05) is 13.8 Å². The van der Waals surface area contributed by atoms with E-state index in [9.17, 15) is 9.90 Å². The summed E-state index contributed by atoms with van der Waals surface area (Å²) in [5, 5.41) is 10.0. The third-order valence-corrected chi connectivity index (χ3v) is 3.39. The molecule has 5 nitrogen and oxygen atoms in total. The standard InChI is InChI=1S/C12H14ClN3O2/c1-4-6-8-9(12(17)18)10(13)16(3)11(8)15-7(5-2)14-6/h4-5H2,1-3H3,(H,17,18). The van der Waals surface area contributed by atoms with Crippen molar-refractivity contribution < 1.29 is 9.90 Å². The SMILES string of the molecule is CCc1nc(CC)c2c(C(=O)O)c(Cl)n(C)c2n1. The lowest BCUT2D eigenvalue weighted by atomic mass is 10.1. The van der Waals surface area contributed by atoms with Gasteiger partial charge in [0.25, 0.3) is 0 Å². The summed E-state index contributed by atoms with van der Waals surface area (Å²) in [5.74, 6) is -0.346. The van der Waals surface area contributed by atoms with Gasteiger partial charge in [0.05, 0.1) is 11.1 Å². The van der Waals surface area contributed by atoms with Crippen LogP contribution in [0, 0.1) is 0 Å². The number of halogens is 1. The van der Waals surface area contributed by atoms with Gasteiger partial charge in [-0.2, -0.15) is 0 Å². The van der Waals surface area contributed by atoms with Crippen molar-refractivity contribution >= 4 is 28.6 Å². The van der Waals surface area contributed by atoms with Crippen LogP contribution in [0.4, 0.5) is 0 Å². The number of aromatic nitrogens is 3. The Morgan fingerprint density at radius 3 is 2.50 bits per heavy atom. The second-order valence-corrected chi connectivity index (χ2v) is 4.38. The molecule has 0 bridgehead atoms. The average molecular weight is 268 g/mol. The van der Waals surface area contributed by atoms with E-state index in [2.05, 4.69) is 9.97 Å². The lowest BCUT2D eigenvalue weighted by Gasteiger charge is -2.04. The van der Waals surface area contributed by atoms with Crippen LogP contribution in [-0.2, 0) is 19.9 Å². The molecule has 0 unspecified atom stereocenters. The number of carboxylic acid groups (broad SMARTS) is 1. The molecule has 96 valence electrons. The number of rotatable bonds is 3. The molecule has 0 saturated heterocycles. The lowest BCUT2D eigenvalue weighted by Crippen LogP contribution is -2.02. The fourth-order valence-electron chi connectivity index (χ4n) is 2.02. The smallest absolute Gasteiger partial charge is 0.339 e. The molecular weight excluding hydrogens is 254 g/mol. The largest absolute Gasteiger partial charge is 0.478 e. The van der Waals surface area contributed by atoms with Crippen molar-refractivity contribution in [2.45, 2.75) is 26.7 Å². The summed E-state index contributed by atoms with van der Waals surface area (Å²) in [7, 11) is 1.71. The predicted molar refractivity (Wildman–Crippen MR) is 69.2 cm³/mol. The van der Waals surface area contributed by atoms with Gasteiger partial charge in [0.15, 0.2) is 0 Å². The average Bonchev–Trinajstić information content (AvgIpc) is 2.61. The zero-order chi connectivity index (χ0) is 13.4. The molecule has 0 amide bonds. The van der Waals surface area contributed by atoms with Gasteiger partial charge in [0.1, 0.15) is 22.2 Å². The van der Waals surface area contributed by atoms with E-state index in [0.717, 1.165) is 5.69 Å². The number of carboxylic acids is 1. The van der Waals surface area contributed by atoms with Crippen LogP contribution in [-0.4, -0.2) is 25.6 Å².